The summed E-state index contributed by atoms with van der Waals surface area (Å²) in [6, 6.07) is 11.4. The minimum Gasteiger partial charge on any atom is -0.495 e. The number of urea groups is 1. The summed E-state index contributed by atoms with van der Waals surface area (Å²) in [5, 5.41) is 8.03. The molecule has 0 bridgehead atoms. The molecule has 0 radical (unpaired) electrons. The Morgan fingerprint density at radius 3 is 2.48 bits per heavy atom. The number of anilines is 1. The predicted octanol–water partition coefficient (Wildman–Crippen LogP) is 3.56. The summed E-state index contributed by atoms with van der Waals surface area (Å²) in [6.45, 7) is -1.33. The van der Waals surface area contributed by atoms with Gasteiger partial charge in [0.2, 0.25) is 0 Å². The van der Waals surface area contributed by atoms with Crippen LogP contribution in [-0.4, -0.2) is 25.7 Å². The molecule has 3 N–H and O–H groups in total. The molecule has 1 aliphatic rings. The lowest BCUT2D eigenvalue weighted by molar-refractivity contribution is -0.113. The number of halogens is 2. The molecule has 1 aliphatic heterocycles. The lowest BCUT2D eigenvalue weighted by Crippen LogP contribution is -2.45. The van der Waals surface area contributed by atoms with Crippen LogP contribution >= 0.6 is 0 Å². The molecule has 2 aromatic rings. The van der Waals surface area contributed by atoms with Gasteiger partial charge in [0.15, 0.2) is 0 Å². The van der Waals surface area contributed by atoms with E-state index in [1.807, 2.05) is 0 Å². The van der Waals surface area contributed by atoms with Crippen LogP contribution in [0.2, 0.25) is 0 Å². The number of alkyl halides is 2. The predicted molar refractivity (Wildman–Crippen MR) is 102 cm³/mol. The van der Waals surface area contributed by atoms with E-state index in [0.29, 0.717) is 22.7 Å². The number of amides is 3. The molecule has 0 fully saturated rings. The molecule has 7 nitrogen and oxygen atoms in total. The normalized spacial score (nSPS) is 16.2. The molecular weight excluding hydrogens is 384 g/mol. The third kappa shape index (κ3) is 4.63. The Morgan fingerprint density at radius 1 is 1.14 bits per heavy atom. The van der Waals surface area contributed by atoms with Crippen LogP contribution in [0.3, 0.4) is 0 Å². The number of hydrogen-bond donors (Lipinski definition) is 3. The lowest BCUT2D eigenvalue weighted by Gasteiger charge is -2.29. The fourth-order valence-electron chi connectivity index (χ4n) is 3.02. The SMILES string of the molecule is COc1ccccc1NC(=O)C1=C(C)NC(=O)N[C@@H]1c1ccc(OC(F)F)cc1. The van der Waals surface area contributed by atoms with Crippen LogP contribution in [0.4, 0.5) is 19.3 Å². The van der Waals surface area contributed by atoms with E-state index < -0.39 is 24.6 Å². The van der Waals surface area contributed by atoms with Gasteiger partial charge in [0.05, 0.1) is 24.4 Å². The fourth-order valence-corrected chi connectivity index (χ4v) is 3.02. The topological polar surface area (TPSA) is 88.7 Å². The first-order valence-electron chi connectivity index (χ1n) is 8.66. The Morgan fingerprint density at radius 2 is 1.83 bits per heavy atom. The highest BCUT2D eigenvalue weighted by Crippen LogP contribution is 2.31. The Bertz CT molecular complexity index is 945. The van der Waals surface area contributed by atoms with Crippen LogP contribution in [0.5, 0.6) is 11.5 Å². The van der Waals surface area contributed by atoms with Gasteiger partial charge >= 0.3 is 12.6 Å². The highest BCUT2D eigenvalue weighted by atomic mass is 19.3. The number of methoxy groups -OCH3 is 1. The second-order valence-electron chi connectivity index (χ2n) is 6.17. The van der Waals surface area contributed by atoms with Crippen LogP contribution in [-0.2, 0) is 4.79 Å². The number of rotatable bonds is 6. The molecule has 2 aromatic carbocycles. The van der Waals surface area contributed by atoms with Crippen LogP contribution in [0.15, 0.2) is 59.8 Å². The van der Waals surface area contributed by atoms with Crippen molar-refractivity contribution in [3.63, 3.8) is 0 Å². The molecule has 29 heavy (non-hydrogen) atoms. The van der Waals surface area contributed by atoms with Gasteiger partial charge in [-0.15, -0.1) is 0 Å². The van der Waals surface area contributed by atoms with E-state index >= 15 is 0 Å². The highest BCUT2D eigenvalue weighted by molar-refractivity contribution is 6.07. The molecule has 0 saturated carbocycles. The maximum Gasteiger partial charge on any atom is 0.387 e. The van der Waals surface area contributed by atoms with Crippen molar-refractivity contribution in [2.45, 2.75) is 19.6 Å². The van der Waals surface area contributed by atoms with E-state index in [2.05, 4.69) is 20.7 Å². The van der Waals surface area contributed by atoms with Crippen molar-refractivity contribution in [3.05, 3.63) is 65.4 Å². The van der Waals surface area contributed by atoms with Crippen LogP contribution in [0, 0.1) is 0 Å². The molecule has 1 heterocycles. The third-order valence-corrected chi connectivity index (χ3v) is 4.31. The molecule has 0 saturated heterocycles. The number of ether oxygens (including phenoxy) is 2. The summed E-state index contributed by atoms with van der Waals surface area (Å²) < 4.78 is 34.3. The number of hydrogen-bond acceptors (Lipinski definition) is 4. The molecule has 3 rings (SSSR count). The largest absolute Gasteiger partial charge is 0.495 e. The smallest absolute Gasteiger partial charge is 0.387 e. The molecule has 0 spiro atoms. The van der Waals surface area contributed by atoms with Crippen molar-refractivity contribution in [3.8, 4) is 11.5 Å². The maximum absolute atomic E-state index is 13.0. The zero-order chi connectivity index (χ0) is 21.0. The van der Waals surface area contributed by atoms with Crippen molar-refractivity contribution in [1.82, 2.24) is 10.6 Å². The quantitative estimate of drug-likeness (QED) is 0.688. The van der Waals surface area contributed by atoms with E-state index in [1.54, 1.807) is 31.2 Å². The molecule has 0 aromatic heterocycles. The minimum absolute atomic E-state index is 0.0234. The molecule has 152 valence electrons. The van der Waals surface area contributed by atoms with Gasteiger partial charge in [-0.1, -0.05) is 24.3 Å². The van der Waals surface area contributed by atoms with Crippen LogP contribution < -0.4 is 25.4 Å². The lowest BCUT2D eigenvalue weighted by atomic mass is 9.94. The summed E-state index contributed by atoms with van der Waals surface area (Å²) in [4.78, 5) is 25.0. The minimum atomic E-state index is -2.94. The van der Waals surface area contributed by atoms with E-state index in [1.165, 1.54) is 31.4 Å². The number of benzene rings is 2. The summed E-state index contributed by atoms with van der Waals surface area (Å²) in [5.74, 6) is 0.0131. The first kappa shape index (κ1) is 20.1. The Hall–Kier alpha value is -3.62. The number of nitrogens with one attached hydrogen (secondary N) is 3. The third-order valence-electron chi connectivity index (χ3n) is 4.31. The number of carbonyl (C=O) groups is 2. The summed E-state index contributed by atoms with van der Waals surface area (Å²) >= 11 is 0. The van der Waals surface area contributed by atoms with Gasteiger partial charge in [0.25, 0.3) is 5.91 Å². The molecule has 0 unspecified atom stereocenters. The van der Waals surface area contributed by atoms with Gasteiger partial charge in [-0.2, -0.15) is 8.78 Å². The first-order chi connectivity index (χ1) is 13.9. The first-order valence-corrected chi connectivity index (χ1v) is 8.66. The average molecular weight is 403 g/mol. The summed E-state index contributed by atoms with van der Waals surface area (Å²) in [7, 11) is 1.49. The molecule has 1 atom stereocenters. The maximum atomic E-state index is 13.0. The highest BCUT2D eigenvalue weighted by Gasteiger charge is 2.31. The van der Waals surface area contributed by atoms with E-state index in [0.717, 1.165) is 0 Å². The van der Waals surface area contributed by atoms with Gasteiger partial charge in [-0.25, -0.2) is 4.79 Å². The molecule has 3 amide bonds. The van der Waals surface area contributed by atoms with Crippen LogP contribution in [0.25, 0.3) is 0 Å². The monoisotopic (exact) mass is 403 g/mol. The van der Waals surface area contributed by atoms with Crippen LogP contribution in [0.1, 0.15) is 18.5 Å². The van der Waals surface area contributed by atoms with Crippen molar-refractivity contribution in [1.29, 1.82) is 0 Å². The van der Waals surface area contributed by atoms with Crippen molar-refractivity contribution >= 4 is 17.6 Å². The fraction of sp³-hybridized carbons (Fsp3) is 0.200. The van der Waals surface area contributed by atoms with Gasteiger partial charge in [-0.3, -0.25) is 4.79 Å². The van der Waals surface area contributed by atoms with E-state index in [4.69, 9.17) is 4.74 Å². The molecule has 0 aliphatic carbocycles. The van der Waals surface area contributed by atoms with Crippen molar-refractivity contribution < 1.29 is 27.8 Å². The van der Waals surface area contributed by atoms with Crippen molar-refractivity contribution in [2.24, 2.45) is 0 Å². The number of para-hydroxylation sites is 2. The van der Waals surface area contributed by atoms with Gasteiger partial charge in [0.1, 0.15) is 11.5 Å². The Kier molecular flexibility index (Phi) is 5.96. The van der Waals surface area contributed by atoms with E-state index in [-0.39, 0.29) is 11.3 Å². The van der Waals surface area contributed by atoms with Crippen molar-refractivity contribution in [2.75, 3.05) is 12.4 Å². The summed E-state index contributed by atoms with van der Waals surface area (Å²) in [5.41, 5.74) is 1.65. The van der Waals surface area contributed by atoms with E-state index in [9.17, 15) is 18.4 Å². The molecular formula is C20H19F2N3O4. The zero-order valence-electron chi connectivity index (χ0n) is 15.7. The van der Waals surface area contributed by atoms with Gasteiger partial charge in [0, 0.05) is 5.70 Å². The standard InChI is InChI=1S/C20H19F2N3O4/c1-11-16(18(26)24-14-5-3-4-6-15(14)28-2)17(25-20(27)23-11)12-7-9-13(10-8-12)29-19(21)22/h3-10,17,19H,1-2H3,(H,24,26)(H2,23,25,27)/t17-/m1/s1. The van der Waals surface area contributed by atoms with Gasteiger partial charge in [-0.05, 0) is 36.8 Å². The second-order valence-corrected chi connectivity index (χ2v) is 6.17. The Balaban J connectivity index is 1.90. The number of carbonyl (C=O) groups excluding carboxylic acids is 2. The second kappa shape index (κ2) is 8.59. The zero-order valence-corrected chi connectivity index (χ0v) is 15.7. The summed E-state index contributed by atoms with van der Waals surface area (Å²) in [6.07, 6.45) is 0. The Labute approximate surface area is 165 Å². The number of allylic oxidation sites excluding steroid dienone is 1. The van der Waals surface area contributed by atoms with Gasteiger partial charge < -0.3 is 25.4 Å². The average Bonchev–Trinajstić information content (AvgIpc) is 2.67. The molecule has 9 heteroatoms.